The second-order valence-corrected chi connectivity index (χ2v) is 5.33. The fourth-order valence-corrected chi connectivity index (χ4v) is 2.02. The molecular formula is C13H17BrFNO2. The minimum absolute atomic E-state index is 0.0906. The van der Waals surface area contributed by atoms with E-state index in [2.05, 4.69) is 21.2 Å². The predicted octanol–water partition coefficient (Wildman–Crippen LogP) is 2.66. The summed E-state index contributed by atoms with van der Waals surface area (Å²) in [6, 6.07) is 4.79. The minimum atomic E-state index is -0.456. The van der Waals surface area contributed by atoms with Crippen molar-refractivity contribution in [1.29, 1.82) is 0 Å². The molecule has 18 heavy (non-hydrogen) atoms. The number of alkyl halides is 1. The van der Waals surface area contributed by atoms with Crippen LogP contribution in [0.2, 0.25) is 0 Å². The molecule has 0 fully saturated rings. The average molecular weight is 318 g/mol. The van der Waals surface area contributed by atoms with Gasteiger partial charge in [-0.3, -0.25) is 4.79 Å². The molecule has 1 atom stereocenters. The molecule has 100 valence electrons. The van der Waals surface area contributed by atoms with Crippen LogP contribution in [-0.2, 0) is 4.74 Å². The highest BCUT2D eigenvalue weighted by atomic mass is 79.9. The Balaban J connectivity index is 2.48. The third kappa shape index (κ3) is 4.38. The molecule has 0 aliphatic rings. The van der Waals surface area contributed by atoms with Crippen LogP contribution in [-0.4, -0.2) is 31.0 Å². The molecular weight excluding hydrogens is 301 g/mol. The van der Waals surface area contributed by atoms with Crippen molar-refractivity contribution in [3.05, 3.63) is 35.1 Å². The number of amides is 1. The first-order chi connectivity index (χ1) is 8.56. The molecule has 1 N–H and O–H groups in total. The summed E-state index contributed by atoms with van der Waals surface area (Å²) in [5, 5.41) is 2.69. The van der Waals surface area contributed by atoms with Crippen molar-refractivity contribution in [3.63, 3.8) is 0 Å². The Morgan fingerprint density at radius 3 is 2.94 bits per heavy atom. The highest BCUT2D eigenvalue weighted by Crippen LogP contribution is 2.11. The van der Waals surface area contributed by atoms with Crippen LogP contribution in [0.1, 0.15) is 22.3 Å². The number of hydrogen-bond acceptors (Lipinski definition) is 2. The van der Waals surface area contributed by atoms with Gasteiger partial charge in [-0.2, -0.15) is 0 Å². The molecule has 1 amide bonds. The van der Waals surface area contributed by atoms with E-state index < -0.39 is 5.82 Å². The summed E-state index contributed by atoms with van der Waals surface area (Å²) in [7, 11) is 1.62. The van der Waals surface area contributed by atoms with Gasteiger partial charge in [0.15, 0.2) is 0 Å². The summed E-state index contributed by atoms with van der Waals surface area (Å²) in [6.45, 7) is 2.69. The van der Waals surface area contributed by atoms with Crippen LogP contribution >= 0.6 is 15.9 Å². The van der Waals surface area contributed by atoms with Crippen molar-refractivity contribution in [2.45, 2.75) is 18.2 Å². The topological polar surface area (TPSA) is 38.3 Å². The summed E-state index contributed by atoms with van der Waals surface area (Å²) >= 11 is 3.42. The molecule has 0 bridgehead atoms. The Morgan fingerprint density at radius 2 is 2.28 bits per heavy atom. The van der Waals surface area contributed by atoms with E-state index in [1.807, 2.05) is 0 Å². The van der Waals surface area contributed by atoms with Crippen LogP contribution in [0.15, 0.2) is 18.2 Å². The fourth-order valence-electron chi connectivity index (χ4n) is 1.52. The lowest BCUT2D eigenvalue weighted by atomic mass is 10.1. The first-order valence-corrected chi connectivity index (χ1v) is 6.64. The number of rotatable bonds is 6. The lowest BCUT2D eigenvalue weighted by Gasteiger charge is -2.10. The number of nitrogens with one attached hydrogen (secondary N) is 1. The van der Waals surface area contributed by atoms with Crippen LogP contribution in [0.25, 0.3) is 0 Å². The van der Waals surface area contributed by atoms with Gasteiger partial charge in [-0.1, -0.05) is 28.1 Å². The van der Waals surface area contributed by atoms with E-state index in [4.69, 9.17) is 4.74 Å². The zero-order valence-corrected chi connectivity index (χ0v) is 12.1. The number of carbonyl (C=O) groups excluding carboxylic acids is 1. The highest BCUT2D eigenvalue weighted by Gasteiger charge is 2.13. The van der Waals surface area contributed by atoms with E-state index in [0.717, 1.165) is 6.42 Å². The molecule has 0 aromatic heterocycles. The van der Waals surface area contributed by atoms with Crippen LogP contribution in [0.3, 0.4) is 0 Å². The fraction of sp³-hybridized carbons (Fsp3) is 0.462. The molecule has 3 nitrogen and oxygen atoms in total. The Labute approximate surface area is 115 Å². The lowest BCUT2D eigenvalue weighted by Crippen LogP contribution is -2.27. The zero-order valence-electron chi connectivity index (χ0n) is 10.5. The number of ether oxygens (including phenoxy) is 1. The molecule has 0 aliphatic heterocycles. The molecule has 0 spiro atoms. The van der Waals surface area contributed by atoms with E-state index in [-0.39, 0.29) is 16.3 Å². The SMILES string of the molecule is COCC(Br)CCNC(=O)c1cccc(C)c1F. The summed E-state index contributed by atoms with van der Waals surface area (Å²) in [5.74, 6) is -0.837. The Morgan fingerprint density at radius 1 is 1.56 bits per heavy atom. The van der Waals surface area contributed by atoms with Crippen molar-refractivity contribution in [2.75, 3.05) is 20.3 Å². The van der Waals surface area contributed by atoms with E-state index >= 15 is 0 Å². The number of hydrogen-bond donors (Lipinski definition) is 1. The quantitative estimate of drug-likeness (QED) is 0.819. The molecule has 1 aromatic rings. The normalized spacial score (nSPS) is 12.2. The first kappa shape index (κ1) is 15.1. The van der Waals surface area contributed by atoms with Gasteiger partial charge < -0.3 is 10.1 Å². The van der Waals surface area contributed by atoms with Gasteiger partial charge >= 0.3 is 0 Å². The van der Waals surface area contributed by atoms with Crippen molar-refractivity contribution >= 4 is 21.8 Å². The largest absolute Gasteiger partial charge is 0.384 e. The molecule has 0 aliphatic carbocycles. The monoisotopic (exact) mass is 317 g/mol. The molecule has 1 aromatic carbocycles. The van der Waals surface area contributed by atoms with Crippen molar-refractivity contribution in [1.82, 2.24) is 5.32 Å². The standard InChI is InChI=1S/C13H17BrFNO2/c1-9-4-3-5-11(12(9)15)13(17)16-7-6-10(14)8-18-2/h3-5,10H,6-8H2,1-2H3,(H,16,17). The van der Waals surface area contributed by atoms with Crippen LogP contribution < -0.4 is 5.32 Å². The Bertz CT molecular complexity index is 412. The first-order valence-electron chi connectivity index (χ1n) is 5.72. The Hall–Kier alpha value is -0.940. The number of benzene rings is 1. The van der Waals surface area contributed by atoms with Gasteiger partial charge in [-0.15, -0.1) is 0 Å². The van der Waals surface area contributed by atoms with Crippen LogP contribution in [0.5, 0.6) is 0 Å². The van der Waals surface area contributed by atoms with Crippen molar-refractivity contribution < 1.29 is 13.9 Å². The summed E-state index contributed by atoms with van der Waals surface area (Å²) in [5.41, 5.74) is 0.563. The van der Waals surface area contributed by atoms with Gasteiger partial charge in [0, 0.05) is 18.5 Å². The highest BCUT2D eigenvalue weighted by molar-refractivity contribution is 9.09. The van der Waals surface area contributed by atoms with Gasteiger partial charge in [0.2, 0.25) is 0 Å². The van der Waals surface area contributed by atoms with E-state index in [1.165, 1.54) is 6.07 Å². The minimum Gasteiger partial charge on any atom is -0.384 e. The van der Waals surface area contributed by atoms with Crippen LogP contribution in [0.4, 0.5) is 4.39 Å². The molecule has 1 unspecified atom stereocenters. The van der Waals surface area contributed by atoms with Crippen LogP contribution in [0, 0.1) is 12.7 Å². The molecule has 5 heteroatoms. The number of carbonyl (C=O) groups is 1. The summed E-state index contributed by atoms with van der Waals surface area (Å²) in [6.07, 6.45) is 0.729. The maximum atomic E-state index is 13.7. The molecule has 0 saturated heterocycles. The van der Waals surface area contributed by atoms with E-state index in [9.17, 15) is 9.18 Å². The molecule has 0 saturated carbocycles. The van der Waals surface area contributed by atoms with Gasteiger partial charge in [0.1, 0.15) is 5.82 Å². The predicted molar refractivity (Wildman–Crippen MR) is 72.7 cm³/mol. The second-order valence-electron chi connectivity index (χ2n) is 4.03. The second kappa shape index (κ2) is 7.48. The smallest absolute Gasteiger partial charge is 0.254 e. The average Bonchev–Trinajstić information content (AvgIpc) is 2.33. The van der Waals surface area contributed by atoms with E-state index in [1.54, 1.807) is 26.2 Å². The molecule has 0 radical (unpaired) electrons. The molecule has 0 heterocycles. The van der Waals surface area contributed by atoms with Crippen molar-refractivity contribution in [2.24, 2.45) is 0 Å². The van der Waals surface area contributed by atoms with E-state index in [0.29, 0.717) is 18.7 Å². The third-order valence-corrected chi connectivity index (χ3v) is 3.25. The number of aryl methyl sites for hydroxylation is 1. The van der Waals surface area contributed by atoms with Gasteiger partial charge in [-0.25, -0.2) is 4.39 Å². The summed E-state index contributed by atoms with van der Waals surface area (Å²) < 4.78 is 18.6. The summed E-state index contributed by atoms with van der Waals surface area (Å²) in [4.78, 5) is 11.9. The lowest BCUT2D eigenvalue weighted by molar-refractivity contribution is 0.0947. The maximum absolute atomic E-state index is 13.7. The van der Waals surface area contributed by atoms with Gasteiger partial charge in [0.25, 0.3) is 5.91 Å². The zero-order chi connectivity index (χ0) is 13.5. The molecule has 1 rings (SSSR count). The van der Waals surface area contributed by atoms with Crippen molar-refractivity contribution in [3.8, 4) is 0 Å². The Kier molecular flexibility index (Phi) is 6.29. The van der Waals surface area contributed by atoms with Gasteiger partial charge in [0.05, 0.1) is 12.2 Å². The maximum Gasteiger partial charge on any atom is 0.254 e. The van der Waals surface area contributed by atoms with Gasteiger partial charge in [-0.05, 0) is 25.0 Å². The number of halogens is 2. The number of methoxy groups -OCH3 is 1. The third-order valence-electron chi connectivity index (χ3n) is 2.53.